The minimum Gasteiger partial charge on any atom is -0.300 e. The van der Waals surface area contributed by atoms with E-state index in [2.05, 4.69) is 9.97 Å². The average molecular weight is 368 g/mol. The molecule has 130 valence electrons. The van der Waals surface area contributed by atoms with Crippen LogP contribution in [0.2, 0.25) is 0 Å². The quantitative estimate of drug-likeness (QED) is 0.640. The number of alkyl halides is 1. The van der Waals surface area contributed by atoms with Crippen LogP contribution >= 0.6 is 11.6 Å². The fourth-order valence-corrected chi connectivity index (χ4v) is 3.29. The molecule has 2 unspecified atom stereocenters. The second-order valence-electron chi connectivity index (χ2n) is 6.15. The van der Waals surface area contributed by atoms with Gasteiger partial charge in [-0.05, 0) is 47.5 Å². The van der Waals surface area contributed by atoms with Crippen molar-refractivity contribution in [1.29, 1.82) is 0 Å². The number of halogens is 2. The normalized spacial score (nSPS) is 19.5. The summed E-state index contributed by atoms with van der Waals surface area (Å²) in [6, 6.07) is 9.64. The highest BCUT2D eigenvalue weighted by Gasteiger charge is 2.23. The summed E-state index contributed by atoms with van der Waals surface area (Å²) in [5, 5.41) is -0.531. The van der Waals surface area contributed by atoms with Gasteiger partial charge in [-0.25, -0.2) is 9.37 Å². The third-order valence-electron chi connectivity index (χ3n) is 4.44. The summed E-state index contributed by atoms with van der Waals surface area (Å²) in [5.41, 5.74) is 4.11. The molecule has 0 N–H and O–H groups in total. The van der Waals surface area contributed by atoms with Gasteiger partial charge in [-0.1, -0.05) is 18.2 Å². The zero-order chi connectivity index (χ0) is 18.1. The maximum atomic E-state index is 14.4. The number of rotatable bonds is 4. The Hall–Kier alpha value is -2.79. The summed E-state index contributed by atoms with van der Waals surface area (Å²) in [4.78, 5) is 19.8. The van der Waals surface area contributed by atoms with Gasteiger partial charge in [0.15, 0.2) is 0 Å². The Labute approximate surface area is 154 Å². The molecule has 4 nitrogen and oxygen atoms in total. The zero-order valence-corrected chi connectivity index (χ0v) is 14.5. The summed E-state index contributed by atoms with van der Waals surface area (Å²) in [6.07, 6.45) is 9.13. The third kappa shape index (κ3) is 3.18. The third-order valence-corrected chi connectivity index (χ3v) is 4.59. The van der Waals surface area contributed by atoms with Gasteiger partial charge in [-0.15, -0.1) is 0 Å². The standard InChI is InChI=1S/C20H15ClFN3O/c21-19(26)10-13-4-5-15(9-16(13)22)18-12-24-20-11-14(6-8-25(18)20)17-3-1-2-7-23-17/h1-9,11-13,16H,10H2. The molecule has 3 aromatic rings. The molecule has 1 aliphatic carbocycles. The number of nitrogens with zero attached hydrogens (tertiary/aromatic N) is 3. The van der Waals surface area contributed by atoms with Crippen LogP contribution in [0, 0.1) is 5.92 Å². The molecule has 26 heavy (non-hydrogen) atoms. The zero-order valence-electron chi connectivity index (χ0n) is 13.7. The number of carbonyl (C=O) groups excluding carboxylic acids is 1. The van der Waals surface area contributed by atoms with E-state index in [1.54, 1.807) is 18.5 Å². The van der Waals surface area contributed by atoms with Crippen molar-refractivity contribution in [3.63, 3.8) is 0 Å². The summed E-state index contributed by atoms with van der Waals surface area (Å²) >= 11 is 5.38. The number of hydrogen-bond donors (Lipinski definition) is 0. The Morgan fingerprint density at radius 3 is 2.88 bits per heavy atom. The van der Waals surface area contributed by atoms with E-state index in [4.69, 9.17) is 11.6 Å². The van der Waals surface area contributed by atoms with E-state index < -0.39 is 17.3 Å². The van der Waals surface area contributed by atoms with Crippen LogP contribution < -0.4 is 0 Å². The van der Waals surface area contributed by atoms with Crippen molar-refractivity contribution < 1.29 is 9.18 Å². The van der Waals surface area contributed by atoms with Gasteiger partial charge in [-0.2, -0.15) is 0 Å². The van der Waals surface area contributed by atoms with Crippen molar-refractivity contribution in [3.05, 3.63) is 72.8 Å². The Balaban J connectivity index is 1.66. The van der Waals surface area contributed by atoms with Crippen LogP contribution in [-0.4, -0.2) is 25.8 Å². The first-order chi connectivity index (χ1) is 12.6. The monoisotopic (exact) mass is 367 g/mol. The van der Waals surface area contributed by atoms with Gasteiger partial charge in [-0.3, -0.25) is 14.2 Å². The molecular formula is C20H15ClFN3O. The van der Waals surface area contributed by atoms with Gasteiger partial charge in [0.05, 0.1) is 17.6 Å². The Morgan fingerprint density at radius 2 is 2.15 bits per heavy atom. The minimum absolute atomic E-state index is 0.0103. The number of allylic oxidation sites excluding steroid dienone is 4. The maximum Gasteiger partial charge on any atom is 0.222 e. The molecule has 0 amide bonds. The first-order valence-electron chi connectivity index (χ1n) is 8.23. The van der Waals surface area contributed by atoms with Crippen LogP contribution in [0.3, 0.4) is 0 Å². The molecule has 0 aliphatic heterocycles. The maximum absolute atomic E-state index is 14.4. The van der Waals surface area contributed by atoms with E-state index in [0.717, 1.165) is 28.2 Å². The highest BCUT2D eigenvalue weighted by atomic mass is 35.5. The summed E-state index contributed by atoms with van der Waals surface area (Å²) in [5.74, 6) is -0.515. The lowest BCUT2D eigenvalue weighted by atomic mass is 9.91. The van der Waals surface area contributed by atoms with Crippen LogP contribution in [0.4, 0.5) is 4.39 Å². The molecule has 6 heteroatoms. The van der Waals surface area contributed by atoms with Crippen LogP contribution in [0.15, 0.2) is 67.2 Å². The van der Waals surface area contributed by atoms with Gasteiger partial charge < -0.3 is 0 Å². The van der Waals surface area contributed by atoms with E-state index in [-0.39, 0.29) is 6.42 Å². The molecule has 3 heterocycles. The summed E-state index contributed by atoms with van der Waals surface area (Å²) in [7, 11) is 0. The van der Waals surface area contributed by atoms with Crippen LogP contribution in [0.1, 0.15) is 12.1 Å². The van der Waals surface area contributed by atoms with Crippen molar-refractivity contribution in [2.45, 2.75) is 12.6 Å². The molecule has 0 saturated heterocycles. The van der Waals surface area contributed by atoms with E-state index >= 15 is 0 Å². The Kier molecular flexibility index (Phi) is 4.39. The van der Waals surface area contributed by atoms with Crippen molar-refractivity contribution in [2.75, 3.05) is 0 Å². The molecule has 0 aromatic carbocycles. The van der Waals surface area contributed by atoms with Gasteiger partial charge in [0.25, 0.3) is 0 Å². The number of carbonyl (C=O) groups is 1. The van der Waals surface area contributed by atoms with Crippen LogP contribution in [-0.2, 0) is 4.79 Å². The fraction of sp³-hybridized carbons (Fsp3) is 0.150. The molecule has 0 fully saturated rings. The van der Waals surface area contributed by atoms with Crippen LogP contribution in [0.25, 0.3) is 22.5 Å². The number of pyridine rings is 2. The van der Waals surface area contributed by atoms with Gasteiger partial charge in [0.1, 0.15) is 11.8 Å². The van der Waals surface area contributed by atoms with Gasteiger partial charge >= 0.3 is 0 Å². The van der Waals surface area contributed by atoms with Gasteiger partial charge in [0, 0.05) is 30.3 Å². The first-order valence-corrected chi connectivity index (χ1v) is 8.61. The van der Waals surface area contributed by atoms with Crippen molar-refractivity contribution in [2.24, 2.45) is 5.92 Å². The topological polar surface area (TPSA) is 47.3 Å². The van der Waals surface area contributed by atoms with Crippen molar-refractivity contribution in [3.8, 4) is 11.3 Å². The smallest absolute Gasteiger partial charge is 0.222 e. The number of fused-ring (bicyclic) bond motifs is 1. The lowest BCUT2D eigenvalue weighted by molar-refractivity contribution is -0.112. The molecule has 0 radical (unpaired) electrons. The molecule has 0 bridgehead atoms. The van der Waals surface area contributed by atoms with Crippen molar-refractivity contribution >= 4 is 28.1 Å². The fourth-order valence-electron chi connectivity index (χ4n) is 3.11. The van der Waals surface area contributed by atoms with E-state index in [0.29, 0.717) is 0 Å². The average Bonchev–Trinajstić information content (AvgIpc) is 3.07. The highest BCUT2D eigenvalue weighted by molar-refractivity contribution is 6.63. The molecule has 0 saturated carbocycles. The SMILES string of the molecule is O=C(Cl)CC1C=CC(c2cnc3cc(-c4ccccn4)ccn23)=CC1F. The van der Waals surface area contributed by atoms with Crippen LogP contribution in [0.5, 0.6) is 0 Å². The van der Waals surface area contributed by atoms with Crippen molar-refractivity contribution in [1.82, 2.24) is 14.4 Å². The van der Waals surface area contributed by atoms with E-state index in [9.17, 15) is 9.18 Å². The molecule has 0 spiro atoms. The van der Waals surface area contributed by atoms with E-state index in [1.165, 1.54) is 6.08 Å². The lowest BCUT2D eigenvalue weighted by Crippen LogP contribution is -2.17. The number of aromatic nitrogens is 3. The highest BCUT2D eigenvalue weighted by Crippen LogP contribution is 2.29. The summed E-state index contributed by atoms with van der Waals surface area (Å²) < 4.78 is 16.3. The lowest BCUT2D eigenvalue weighted by Gasteiger charge is -2.18. The second kappa shape index (κ2) is 6.84. The predicted molar refractivity (Wildman–Crippen MR) is 99.4 cm³/mol. The largest absolute Gasteiger partial charge is 0.300 e. The number of imidazole rings is 1. The minimum atomic E-state index is -1.25. The van der Waals surface area contributed by atoms with Gasteiger partial charge in [0.2, 0.25) is 5.24 Å². The number of hydrogen-bond acceptors (Lipinski definition) is 3. The van der Waals surface area contributed by atoms with E-state index in [1.807, 2.05) is 47.0 Å². The Morgan fingerprint density at radius 1 is 1.27 bits per heavy atom. The predicted octanol–water partition coefficient (Wildman–Crippen LogP) is 4.46. The Bertz CT molecular complexity index is 1030. The molecule has 4 rings (SSSR count). The second-order valence-corrected chi connectivity index (χ2v) is 6.57. The molecular weight excluding hydrogens is 353 g/mol. The molecule has 2 atom stereocenters. The summed E-state index contributed by atoms with van der Waals surface area (Å²) in [6.45, 7) is 0. The molecule has 3 aromatic heterocycles. The first kappa shape index (κ1) is 16.7. The molecule has 1 aliphatic rings.